The van der Waals surface area contributed by atoms with Crippen molar-refractivity contribution in [2.45, 2.75) is 19.9 Å². The van der Waals surface area contributed by atoms with Crippen LogP contribution in [0, 0.1) is 0 Å². The predicted molar refractivity (Wildman–Crippen MR) is 49.8 cm³/mol. The molecule has 2 N–H and O–H groups in total. The average Bonchev–Trinajstić information content (AvgIpc) is 2.66. The Kier molecular flexibility index (Phi) is 3.58. The van der Waals surface area contributed by atoms with Gasteiger partial charge in [-0.15, -0.1) is 5.10 Å². The molecule has 0 aromatic carbocycles. The molecule has 0 saturated heterocycles. The molecule has 14 heavy (non-hydrogen) atoms. The van der Waals surface area contributed by atoms with E-state index in [9.17, 15) is 4.79 Å². The summed E-state index contributed by atoms with van der Waals surface area (Å²) in [5.41, 5.74) is 0. The van der Waals surface area contributed by atoms with E-state index in [1.807, 2.05) is 6.92 Å². The number of rotatable bonds is 4. The number of carbonyl (C=O) groups excluding carboxylic acids is 1. The normalized spacial score (nSPS) is 12.5. The van der Waals surface area contributed by atoms with Crippen LogP contribution in [0.5, 0.6) is 0 Å². The Bertz CT molecular complexity index is 310. The van der Waals surface area contributed by atoms with E-state index >= 15 is 0 Å². The van der Waals surface area contributed by atoms with Gasteiger partial charge < -0.3 is 10.1 Å². The molecule has 0 aliphatic rings. The molecule has 78 valence electrons. The first kappa shape index (κ1) is 10.6. The Hall–Kier alpha value is -1.43. The minimum absolute atomic E-state index is 0.0330. The summed E-state index contributed by atoms with van der Waals surface area (Å²) in [5, 5.41) is 9.40. The Morgan fingerprint density at radius 3 is 3.00 bits per heavy atom. The third-order valence-corrected chi connectivity index (χ3v) is 1.80. The van der Waals surface area contributed by atoms with Crippen molar-refractivity contribution >= 4 is 5.97 Å². The molecule has 0 radical (unpaired) electrons. The topological polar surface area (TPSA) is 79.9 Å². The quantitative estimate of drug-likeness (QED) is 0.678. The zero-order valence-electron chi connectivity index (χ0n) is 8.50. The van der Waals surface area contributed by atoms with Gasteiger partial charge in [-0.3, -0.25) is 5.10 Å². The predicted octanol–water partition coefficient (Wildman–Crippen LogP) is 0.262. The number of carbonyl (C=O) groups is 1. The van der Waals surface area contributed by atoms with E-state index in [0.717, 1.165) is 0 Å². The highest BCUT2D eigenvalue weighted by Crippen LogP contribution is 2.05. The molecule has 6 nitrogen and oxygen atoms in total. The number of nitrogens with zero attached hydrogens (tertiary/aromatic N) is 2. The Balaban J connectivity index is 2.72. The Morgan fingerprint density at radius 1 is 1.71 bits per heavy atom. The van der Waals surface area contributed by atoms with Crippen LogP contribution >= 0.6 is 0 Å². The monoisotopic (exact) mass is 198 g/mol. The summed E-state index contributed by atoms with van der Waals surface area (Å²) in [5.74, 6) is 0.192. The van der Waals surface area contributed by atoms with Crippen molar-refractivity contribution in [3.8, 4) is 0 Å². The number of hydrogen-bond donors (Lipinski definition) is 2. The van der Waals surface area contributed by atoms with Crippen LogP contribution < -0.4 is 5.32 Å². The first-order valence-corrected chi connectivity index (χ1v) is 4.45. The lowest BCUT2D eigenvalue weighted by atomic mass is 10.3. The van der Waals surface area contributed by atoms with Gasteiger partial charge in [0, 0.05) is 0 Å². The van der Waals surface area contributed by atoms with Crippen molar-refractivity contribution in [1.29, 1.82) is 0 Å². The summed E-state index contributed by atoms with van der Waals surface area (Å²) in [6, 6.07) is 0.0330. The van der Waals surface area contributed by atoms with Gasteiger partial charge in [0.1, 0.15) is 5.82 Å². The van der Waals surface area contributed by atoms with E-state index in [2.05, 4.69) is 20.5 Å². The van der Waals surface area contributed by atoms with Gasteiger partial charge in [-0.2, -0.15) is 0 Å². The second kappa shape index (κ2) is 4.71. The van der Waals surface area contributed by atoms with E-state index in [4.69, 9.17) is 4.74 Å². The lowest BCUT2D eigenvalue weighted by Crippen LogP contribution is -2.14. The first-order chi connectivity index (χ1) is 6.69. The second-order valence-electron chi connectivity index (χ2n) is 2.78. The summed E-state index contributed by atoms with van der Waals surface area (Å²) < 4.78 is 4.75. The van der Waals surface area contributed by atoms with Crippen LogP contribution in [-0.4, -0.2) is 34.8 Å². The fourth-order valence-corrected chi connectivity index (χ4v) is 0.892. The van der Waals surface area contributed by atoms with Gasteiger partial charge in [0.15, 0.2) is 0 Å². The van der Waals surface area contributed by atoms with E-state index in [-0.39, 0.29) is 11.9 Å². The summed E-state index contributed by atoms with van der Waals surface area (Å²) in [7, 11) is 1.80. The molecular weight excluding hydrogens is 184 g/mol. The largest absolute Gasteiger partial charge is 0.460 e. The molecule has 0 aliphatic heterocycles. The van der Waals surface area contributed by atoms with Gasteiger partial charge >= 0.3 is 5.97 Å². The maximum atomic E-state index is 11.2. The van der Waals surface area contributed by atoms with Crippen molar-refractivity contribution in [2.75, 3.05) is 13.7 Å². The third-order valence-electron chi connectivity index (χ3n) is 1.80. The van der Waals surface area contributed by atoms with Crippen LogP contribution in [0.4, 0.5) is 0 Å². The Labute approximate surface area is 82.1 Å². The SMILES string of the molecule is CCOC(=O)c1n[nH]c([C@@H](C)NC)n1. The van der Waals surface area contributed by atoms with Crippen LogP contribution in [0.3, 0.4) is 0 Å². The van der Waals surface area contributed by atoms with Gasteiger partial charge in [-0.05, 0) is 20.9 Å². The molecule has 1 rings (SSSR count). The highest BCUT2D eigenvalue weighted by molar-refractivity contribution is 5.84. The van der Waals surface area contributed by atoms with Gasteiger partial charge in [0.25, 0.3) is 5.82 Å². The highest BCUT2D eigenvalue weighted by Gasteiger charge is 2.15. The van der Waals surface area contributed by atoms with Crippen molar-refractivity contribution < 1.29 is 9.53 Å². The molecule has 1 heterocycles. The van der Waals surface area contributed by atoms with Crippen LogP contribution in [0.15, 0.2) is 0 Å². The number of ether oxygens (including phenoxy) is 1. The lowest BCUT2D eigenvalue weighted by Gasteiger charge is -2.03. The number of aromatic amines is 1. The van der Waals surface area contributed by atoms with Crippen molar-refractivity contribution in [3.05, 3.63) is 11.6 Å². The molecule has 1 aromatic heterocycles. The third kappa shape index (κ3) is 2.29. The van der Waals surface area contributed by atoms with Crippen molar-refractivity contribution in [3.63, 3.8) is 0 Å². The molecule has 0 spiro atoms. The first-order valence-electron chi connectivity index (χ1n) is 4.45. The number of nitrogens with one attached hydrogen (secondary N) is 2. The molecule has 0 fully saturated rings. The zero-order valence-corrected chi connectivity index (χ0v) is 8.50. The summed E-state index contributed by atoms with van der Waals surface area (Å²) in [6.45, 7) is 3.97. The average molecular weight is 198 g/mol. The maximum absolute atomic E-state index is 11.2. The molecule has 1 aromatic rings. The smallest absolute Gasteiger partial charge is 0.378 e. The summed E-state index contributed by atoms with van der Waals surface area (Å²) in [4.78, 5) is 15.2. The highest BCUT2D eigenvalue weighted by atomic mass is 16.5. The van der Waals surface area contributed by atoms with Gasteiger partial charge in [-0.1, -0.05) is 0 Å². The van der Waals surface area contributed by atoms with E-state index in [0.29, 0.717) is 12.4 Å². The minimum Gasteiger partial charge on any atom is -0.460 e. The fraction of sp³-hybridized carbons (Fsp3) is 0.625. The number of aromatic nitrogens is 3. The standard InChI is InChI=1S/C8H14N4O2/c1-4-14-8(13)7-10-6(11-12-7)5(2)9-3/h5,9H,4H2,1-3H3,(H,10,11,12)/t5-/m1/s1. The molecule has 0 amide bonds. The van der Waals surface area contributed by atoms with E-state index in [1.54, 1.807) is 14.0 Å². The molecular formula is C8H14N4O2. The van der Waals surface area contributed by atoms with Gasteiger partial charge in [0.05, 0.1) is 12.6 Å². The molecule has 1 atom stereocenters. The molecule has 0 bridgehead atoms. The van der Waals surface area contributed by atoms with Crippen LogP contribution in [0.2, 0.25) is 0 Å². The molecule has 0 unspecified atom stereocenters. The van der Waals surface area contributed by atoms with Crippen molar-refractivity contribution in [1.82, 2.24) is 20.5 Å². The zero-order chi connectivity index (χ0) is 10.6. The molecule has 0 aliphatic carbocycles. The number of H-pyrrole nitrogens is 1. The van der Waals surface area contributed by atoms with Gasteiger partial charge in [0.2, 0.25) is 0 Å². The van der Waals surface area contributed by atoms with E-state index in [1.165, 1.54) is 0 Å². The van der Waals surface area contributed by atoms with Crippen LogP contribution in [0.1, 0.15) is 36.3 Å². The maximum Gasteiger partial charge on any atom is 0.378 e. The number of esters is 1. The van der Waals surface area contributed by atoms with Crippen molar-refractivity contribution in [2.24, 2.45) is 0 Å². The van der Waals surface area contributed by atoms with E-state index < -0.39 is 5.97 Å². The summed E-state index contributed by atoms with van der Waals surface area (Å²) in [6.07, 6.45) is 0. The van der Waals surface area contributed by atoms with Crippen LogP contribution in [0.25, 0.3) is 0 Å². The summed E-state index contributed by atoms with van der Waals surface area (Å²) >= 11 is 0. The molecule has 6 heteroatoms. The molecule has 0 saturated carbocycles. The second-order valence-corrected chi connectivity index (χ2v) is 2.78. The lowest BCUT2D eigenvalue weighted by molar-refractivity contribution is 0.0512. The van der Waals surface area contributed by atoms with Crippen LogP contribution in [-0.2, 0) is 4.74 Å². The minimum atomic E-state index is -0.502. The Morgan fingerprint density at radius 2 is 2.43 bits per heavy atom. The van der Waals surface area contributed by atoms with Gasteiger partial charge in [-0.25, -0.2) is 9.78 Å². The fourth-order valence-electron chi connectivity index (χ4n) is 0.892. The number of hydrogen-bond acceptors (Lipinski definition) is 5.